The van der Waals surface area contributed by atoms with Gasteiger partial charge in [0.25, 0.3) is 0 Å². The van der Waals surface area contributed by atoms with Crippen molar-refractivity contribution < 1.29 is 0 Å². The first-order valence-electron chi connectivity index (χ1n) is 8.40. The molecule has 0 aromatic heterocycles. The molecule has 0 fully saturated rings. The lowest BCUT2D eigenvalue weighted by atomic mass is 10.1. The molecule has 0 spiro atoms. The minimum Gasteiger partial charge on any atom is -0.103 e. The van der Waals surface area contributed by atoms with Gasteiger partial charge in [-0.1, -0.05) is 86.0 Å². The zero-order valence-corrected chi connectivity index (χ0v) is 14.3. The third-order valence-electron chi connectivity index (χ3n) is 3.93. The second-order valence-electron chi connectivity index (χ2n) is 5.67. The van der Waals surface area contributed by atoms with Gasteiger partial charge in [0, 0.05) is 0 Å². The summed E-state index contributed by atoms with van der Waals surface area (Å²) in [5.74, 6) is 0. The Morgan fingerprint density at radius 2 is 1.18 bits per heavy atom. The topological polar surface area (TPSA) is 0 Å². The fourth-order valence-corrected chi connectivity index (χ4v) is 5.13. The van der Waals surface area contributed by atoms with Crippen LogP contribution in [0.25, 0.3) is 0 Å². The fourth-order valence-electron chi connectivity index (χ4n) is 2.71. The van der Waals surface area contributed by atoms with Gasteiger partial charge in [-0.3, -0.25) is 0 Å². The van der Waals surface area contributed by atoms with Crippen molar-refractivity contribution in [2.75, 3.05) is 6.16 Å². The highest BCUT2D eigenvalue weighted by Crippen LogP contribution is 2.34. The van der Waals surface area contributed by atoms with Gasteiger partial charge in [-0.25, -0.2) is 0 Å². The minimum absolute atomic E-state index is 0.195. The Bertz CT molecular complexity index is 479. The molecule has 0 bridgehead atoms. The van der Waals surface area contributed by atoms with Crippen LogP contribution in [-0.4, -0.2) is 6.16 Å². The van der Waals surface area contributed by atoms with E-state index in [0.29, 0.717) is 0 Å². The first kappa shape index (κ1) is 17.0. The second kappa shape index (κ2) is 10.4. The summed E-state index contributed by atoms with van der Waals surface area (Å²) in [4.78, 5) is 0. The van der Waals surface area contributed by atoms with Crippen LogP contribution < -0.4 is 10.6 Å². The third kappa shape index (κ3) is 5.78. The lowest BCUT2D eigenvalue weighted by Gasteiger charge is -2.18. The summed E-state index contributed by atoms with van der Waals surface area (Å²) in [7, 11) is -0.195. The lowest BCUT2D eigenvalue weighted by Crippen LogP contribution is -2.13. The molecule has 0 aliphatic rings. The van der Waals surface area contributed by atoms with Crippen molar-refractivity contribution in [1.82, 2.24) is 0 Å². The van der Waals surface area contributed by atoms with Crippen LogP contribution in [0, 0.1) is 0 Å². The van der Waals surface area contributed by atoms with Crippen molar-refractivity contribution in [3.8, 4) is 0 Å². The lowest BCUT2D eigenvalue weighted by molar-refractivity contribution is 0.640. The summed E-state index contributed by atoms with van der Waals surface area (Å²) in [5, 5.41) is 3.02. The summed E-state index contributed by atoms with van der Waals surface area (Å²) >= 11 is 0. The van der Waals surface area contributed by atoms with Gasteiger partial charge < -0.3 is 0 Å². The van der Waals surface area contributed by atoms with E-state index in [0.717, 1.165) is 0 Å². The second-order valence-corrected chi connectivity index (χ2v) is 8.00. The highest BCUT2D eigenvalue weighted by molar-refractivity contribution is 7.73. The molecular weight excluding hydrogens is 283 g/mol. The molecular formula is C21H27P. The van der Waals surface area contributed by atoms with E-state index in [9.17, 15) is 0 Å². The predicted molar refractivity (Wildman–Crippen MR) is 102 cm³/mol. The monoisotopic (exact) mass is 310 g/mol. The normalized spacial score (nSPS) is 10.8. The maximum Gasteiger partial charge on any atom is -0.0195 e. The van der Waals surface area contributed by atoms with Gasteiger partial charge in [-0.05, 0) is 44.0 Å². The molecule has 0 aliphatic carbocycles. The molecule has 0 amide bonds. The van der Waals surface area contributed by atoms with Crippen molar-refractivity contribution in [2.24, 2.45) is 0 Å². The smallest absolute Gasteiger partial charge is 0.0195 e. The van der Waals surface area contributed by atoms with Crippen molar-refractivity contribution in [2.45, 2.75) is 38.5 Å². The predicted octanol–water partition coefficient (Wildman–Crippen LogP) is 5.65. The van der Waals surface area contributed by atoms with E-state index in [4.69, 9.17) is 0 Å². The average molecular weight is 310 g/mol. The summed E-state index contributed by atoms with van der Waals surface area (Å²) in [6.07, 6.45) is 11.2. The van der Waals surface area contributed by atoms with E-state index in [1.165, 1.54) is 55.3 Å². The van der Waals surface area contributed by atoms with E-state index in [-0.39, 0.29) is 7.92 Å². The number of unbranched alkanes of at least 4 members (excludes halogenated alkanes) is 5. The molecule has 0 aliphatic heterocycles. The van der Waals surface area contributed by atoms with E-state index < -0.39 is 0 Å². The molecule has 0 saturated heterocycles. The van der Waals surface area contributed by atoms with Gasteiger partial charge in [0.15, 0.2) is 0 Å². The van der Waals surface area contributed by atoms with Crippen LogP contribution in [0.4, 0.5) is 0 Å². The molecule has 1 heteroatoms. The molecule has 0 unspecified atom stereocenters. The van der Waals surface area contributed by atoms with E-state index in [1.807, 2.05) is 6.08 Å². The molecule has 22 heavy (non-hydrogen) atoms. The Balaban J connectivity index is 1.88. The molecule has 2 aromatic rings. The SMILES string of the molecule is C=CCCCCCCCP(c1ccccc1)c1ccccc1. The molecule has 0 saturated carbocycles. The Labute approximate surface area is 137 Å². The van der Waals surface area contributed by atoms with Gasteiger partial charge in [-0.2, -0.15) is 0 Å². The number of rotatable bonds is 10. The quantitative estimate of drug-likeness (QED) is 0.302. The molecule has 0 atom stereocenters. The number of benzene rings is 2. The number of hydrogen-bond acceptors (Lipinski definition) is 0. The summed E-state index contributed by atoms with van der Waals surface area (Å²) in [5.41, 5.74) is 0. The molecule has 2 aromatic carbocycles. The maximum absolute atomic E-state index is 3.79. The van der Waals surface area contributed by atoms with E-state index in [2.05, 4.69) is 67.2 Å². The first-order chi connectivity index (χ1) is 10.9. The van der Waals surface area contributed by atoms with Crippen LogP contribution in [0.5, 0.6) is 0 Å². The fraction of sp³-hybridized carbons (Fsp3) is 0.333. The molecule has 116 valence electrons. The minimum atomic E-state index is -0.195. The van der Waals surface area contributed by atoms with E-state index in [1.54, 1.807) is 0 Å². The van der Waals surface area contributed by atoms with Crippen LogP contribution in [0.2, 0.25) is 0 Å². The number of hydrogen-bond donors (Lipinski definition) is 0. The maximum atomic E-state index is 3.79. The highest BCUT2D eigenvalue weighted by Gasteiger charge is 2.12. The summed E-state index contributed by atoms with van der Waals surface area (Å²) < 4.78 is 0. The van der Waals surface area contributed by atoms with Crippen molar-refractivity contribution in [3.05, 3.63) is 73.3 Å². The molecule has 0 N–H and O–H groups in total. The van der Waals surface area contributed by atoms with Crippen LogP contribution in [0.15, 0.2) is 73.3 Å². The Hall–Kier alpha value is -1.39. The van der Waals surface area contributed by atoms with Crippen LogP contribution in [0.1, 0.15) is 38.5 Å². The van der Waals surface area contributed by atoms with Crippen LogP contribution in [-0.2, 0) is 0 Å². The van der Waals surface area contributed by atoms with E-state index >= 15 is 0 Å². The standard InChI is InChI=1S/C21H27P/c1-2-3-4-5-6-7-14-19-22(20-15-10-8-11-16-20)21-17-12-9-13-18-21/h2,8-13,15-18H,1,3-7,14,19H2. The molecule has 2 rings (SSSR count). The van der Waals surface area contributed by atoms with Crippen LogP contribution >= 0.6 is 7.92 Å². The van der Waals surface area contributed by atoms with Gasteiger partial charge in [0.1, 0.15) is 0 Å². The third-order valence-corrected chi connectivity index (χ3v) is 6.53. The van der Waals surface area contributed by atoms with Gasteiger partial charge in [0.2, 0.25) is 0 Å². The summed E-state index contributed by atoms with van der Waals surface area (Å²) in [6.45, 7) is 3.79. The number of allylic oxidation sites excluding steroid dienone is 1. The van der Waals surface area contributed by atoms with Gasteiger partial charge in [0.05, 0.1) is 0 Å². The zero-order valence-electron chi connectivity index (χ0n) is 13.5. The van der Waals surface area contributed by atoms with Crippen molar-refractivity contribution >= 4 is 18.5 Å². The van der Waals surface area contributed by atoms with Gasteiger partial charge >= 0.3 is 0 Å². The first-order valence-corrected chi connectivity index (χ1v) is 9.93. The summed E-state index contributed by atoms with van der Waals surface area (Å²) in [6, 6.07) is 22.1. The molecule has 0 nitrogen and oxygen atoms in total. The van der Waals surface area contributed by atoms with Crippen molar-refractivity contribution in [3.63, 3.8) is 0 Å². The zero-order chi connectivity index (χ0) is 15.5. The largest absolute Gasteiger partial charge is 0.103 e. The van der Waals surface area contributed by atoms with Gasteiger partial charge in [-0.15, -0.1) is 6.58 Å². The highest BCUT2D eigenvalue weighted by atomic mass is 31.1. The Morgan fingerprint density at radius 3 is 1.73 bits per heavy atom. The van der Waals surface area contributed by atoms with Crippen molar-refractivity contribution in [1.29, 1.82) is 0 Å². The Kier molecular flexibility index (Phi) is 7.99. The average Bonchev–Trinajstić information content (AvgIpc) is 2.59. The molecule has 0 radical (unpaired) electrons. The molecule has 0 heterocycles. The van der Waals surface area contributed by atoms with Crippen LogP contribution in [0.3, 0.4) is 0 Å². The Morgan fingerprint density at radius 1 is 0.682 bits per heavy atom.